The van der Waals surface area contributed by atoms with E-state index in [0.29, 0.717) is 44.4 Å². The van der Waals surface area contributed by atoms with Crippen LogP contribution in [0.25, 0.3) is 0 Å². The minimum Gasteiger partial charge on any atom is -0.465 e. The van der Waals surface area contributed by atoms with Gasteiger partial charge in [0.15, 0.2) is 6.29 Å². The first-order valence-electron chi connectivity index (χ1n) is 22.8. The van der Waals surface area contributed by atoms with E-state index >= 15 is 0 Å². The first kappa shape index (κ1) is 49.0. The van der Waals surface area contributed by atoms with Crippen molar-refractivity contribution in [2.24, 2.45) is 11.8 Å². The molecule has 0 aromatic heterocycles. The van der Waals surface area contributed by atoms with Gasteiger partial charge in [-0.25, -0.2) is 0 Å². The quantitative estimate of drug-likeness (QED) is 0.0381. The molecule has 2 atom stereocenters. The van der Waals surface area contributed by atoms with Crippen LogP contribution in [-0.2, 0) is 23.8 Å². The SMILES string of the molecule is CCCCCCCCOC(CCOC(=O)CCCCCCCN(CCO)CCCCCCCC(=O)CC1CCC(CC)C1)OCCCCCCCC. The molecule has 0 amide bonds. The second-order valence-corrected chi connectivity index (χ2v) is 16.0. The van der Waals surface area contributed by atoms with Crippen molar-refractivity contribution in [1.29, 1.82) is 0 Å². The minimum absolute atomic E-state index is 0.111. The first-order chi connectivity index (χ1) is 25.5. The molecule has 1 aliphatic rings. The van der Waals surface area contributed by atoms with Crippen molar-refractivity contribution in [2.75, 3.05) is 46.1 Å². The summed E-state index contributed by atoms with van der Waals surface area (Å²) in [5, 5.41) is 9.54. The third kappa shape index (κ3) is 30.3. The molecule has 0 bridgehead atoms. The normalized spacial score (nSPS) is 16.0. The average Bonchev–Trinajstić information content (AvgIpc) is 3.60. The molecule has 0 aromatic carbocycles. The van der Waals surface area contributed by atoms with E-state index in [-0.39, 0.29) is 18.9 Å². The molecule has 0 heterocycles. The van der Waals surface area contributed by atoms with Crippen LogP contribution < -0.4 is 0 Å². The van der Waals surface area contributed by atoms with Gasteiger partial charge in [-0.05, 0) is 76.3 Å². The summed E-state index contributed by atoms with van der Waals surface area (Å²) in [6.45, 7) is 11.6. The van der Waals surface area contributed by atoms with Crippen LogP contribution in [0.3, 0.4) is 0 Å². The smallest absolute Gasteiger partial charge is 0.305 e. The van der Waals surface area contributed by atoms with Crippen molar-refractivity contribution in [1.82, 2.24) is 4.90 Å². The molecule has 1 rings (SSSR count). The van der Waals surface area contributed by atoms with Crippen LogP contribution in [0.1, 0.15) is 213 Å². The van der Waals surface area contributed by atoms with Gasteiger partial charge in [-0.15, -0.1) is 0 Å². The van der Waals surface area contributed by atoms with Crippen LogP contribution in [0.15, 0.2) is 0 Å². The number of aliphatic hydroxyl groups excluding tert-OH is 1. The summed E-state index contributed by atoms with van der Waals surface area (Å²) >= 11 is 0. The maximum absolute atomic E-state index is 12.4. The lowest BCUT2D eigenvalue weighted by Crippen LogP contribution is -2.29. The lowest BCUT2D eigenvalue weighted by atomic mass is 9.96. The number of carbonyl (C=O) groups is 2. The van der Waals surface area contributed by atoms with Crippen LogP contribution >= 0.6 is 0 Å². The summed E-state index contributed by atoms with van der Waals surface area (Å²) in [5.74, 6) is 1.90. The second-order valence-electron chi connectivity index (χ2n) is 16.0. The summed E-state index contributed by atoms with van der Waals surface area (Å²) in [5.41, 5.74) is 0. The highest BCUT2D eigenvalue weighted by molar-refractivity contribution is 5.78. The highest BCUT2D eigenvalue weighted by atomic mass is 16.7. The van der Waals surface area contributed by atoms with E-state index in [4.69, 9.17) is 14.2 Å². The lowest BCUT2D eigenvalue weighted by molar-refractivity contribution is -0.161. The van der Waals surface area contributed by atoms with E-state index in [1.165, 1.54) is 103 Å². The Hall–Kier alpha value is -1.02. The second kappa shape index (κ2) is 36.9. The van der Waals surface area contributed by atoms with E-state index in [1.54, 1.807) is 0 Å². The molecule has 7 heteroatoms. The van der Waals surface area contributed by atoms with E-state index in [9.17, 15) is 14.7 Å². The number of nitrogens with zero attached hydrogens (tertiary/aromatic N) is 1. The molecule has 1 fully saturated rings. The number of unbranched alkanes of at least 4 members (excludes halogenated alkanes) is 18. The Morgan fingerprint density at radius 2 is 1.10 bits per heavy atom. The predicted molar refractivity (Wildman–Crippen MR) is 218 cm³/mol. The highest BCUT2D eigenvalue weighted by Gasteiger charge is 2.24. The Morgan fingerprint density at radius 1 is 0.596 bits per heavy atom. The maximum Gasteiger partial charge on any atom is 0.305 e. The van der Waals surface area contributed by atoms with Gasteiger partial charge in [0.2, 0.25) is 0 Å². The van der Waals surface area contributed by atoms with Gasteiger partial charge < -0.3 is 24.2 Å². The van der Waals surface area contributed by atoms with Gasteiger partial charge in [0.1, 0.15) is 5.78 Å². The Morgan fingerprint density at radius 3 is 1.63 bits per heavy atom. The van der Waals surface area contributed by atoms with Gasteiger partial charge in [0, 0.05) is 45.4 Å². The molecular weight excluding hydrogens is 650 g/mol. The molecule has 52 heavy (non-hydrogen) atoms. The molecule has 0 radical (unpaired) electrons. The van der Waals surface area contributed by atoms with E-state index in [2.05, 4.69) is 25.7 Å². The number of esters is 1. The van der Waals surface area contributed by atoms with Gasteiger partial charge in [-0.1, -0.05) is 136 Å². The lowest BCUT2D eigenvalue weighted by Gasteiger charge is -2.21. The van der Waals surface area contributed by atoms with Crippen molar-refractivity contribution in [3.63, 3.8) is 0 Å². The summed E-state index contributed by atoms with van der Waals surface area (Å²) < 4.78 is 17.7. The Balaban J connectivity index is 2.08. The number of ketones is 1. The Bertz CT molecular complexity index is 776. The van der Waals surface area contributed by atoms with Crippen molar-refractivity contribution in [3.8, 4) is 0 Å². The summed E-state index contributed by atoms with van der Waals surface area (Å²) in [4.78, 5) is 27.2. The molecule has 2 unspecified atom stereocenters. The van der Waals surface area contributed by atoms with Crippen LogP contribution in [0.4, 0.5) is 0 Å². The average molecular weight is 738 g/mol. The third-order valence-corrected chi connectivity index (χ3v) is 11.2. The molecular formula is C45H87NO6. The molecule has 0 aliphatic heterocycles. The topological polar surface area (TPSA) is 85.3 Å². The molecule has 1 saturated carbocycles. The molecule has 1 N–H and O–H groups in total. The van der Waals surface area contributed by atoms with Crippen molar-refractivity contribution < 1.29 is 28.9 Å². The number of hydrogen-bond donors (Lipinski definition) is 1. The molecule has 0 spiro atoms. The molecule has 7 nitrogen and oxygen atoms in total. The van der Waals surface area contributed by atoms with Crippen LogP contribution in [0.2, 0.25) is 0 Å². The number of rotatable bonds is 40. The monoisotopic (exact) mass is 738 g/mol. The van der Waals surface area contributed by atoms with Crippen LogP contribution in [-0.4, -0.2) is 74.1 Å². The zero-order valence-electron chi connectivity index (χ0n) is 34.8. The third-order valence-electron chi connectivity index (χ3n) is 11.2. The number of ether oxygens (including phenoxy) is 3. The van der Waals surface area contributed by atoms with Crippen LogP contribution in [0, 0.1) is 11.8 Å². The number of Topliss-reactive ketones (excluding diaryl/α,β-unsaturated/α-hetero) is 1. The number of hydrogen-bond acceptors (Lipinski definition) is 7. The largest absolute Gasteiger partial charge is 0.465 e. The summed E-state index contributed by atoms with van der Waals surface area (Å²) in [7, 11) is 0. The standard InChI is InChI=1S/C45H87NO6/c1-4-7-9-11-19-25-36-51-45(52-37-26-20-12-10-8-5-2)31-38-50-44(49)28-22-16-14-18-24-33-46(34-35-47)32-23-17-13-15-21-27-43(48)40-42-30-29-41(6-3)39-42/h41-42,45,47H,4-40H2,1-3H3. The van der Waals surface area contributed by atoms with Crippen LogP contribution in [0.5, 0.6) is 0 Å². The van der Waals surface area contributed by atoms with Gasteiger partial charge in [0.25, 0.3) is 0 Å². The first-order valence-corrected chi connectivity index (χ1v) is 22.8. The van der Waals surface area contributed by atoms with Gasteiger partial charge in [-0.3, -0.25) is 9.59 Å². The number of carbonyl (C=O) groups excluding carboxylic acids is 2. The fraction of sp³-hybridized carbons (Fsp3) is 0.956. The van der Waals surface area contributed by atoms with Crippen molar-refractivity contribution in [2.45, 2.75) is 220 Å². The minimum atomic E-state index is -0.286. The predicted octanol–water partition coefficient (Wildman–Crippen LogP) is 11.8. The zero-order valence-corrected chi connectivity index (χ0v) is 34.8. The van der Waals surface area contributed by atoms with Gasteiger partial charge in [-0.2, -0.15) is 0 Å². The van der Waals surface area contributed by atoms with E-state index in [1.807, 2.05) is 0 Å². The van der Waals surface area contributed by atoms with Crippen molar-refractivity contribution >= 4 is 11.8 Å². The maximum atomic E-state index is 12.4. The highest BCUT2D eigenvalue weighted by Crippen LogP contribution is 2.35. The fourth-order valence-electron chi connectivity index (χ4n) is 7.71. The van der Waals surface area contributed by atoms with Crippen molar-refractivity contribution in [3.05, 3.63) is 0 Å². The van der Waals surface area contributed by atoms with Gasteiger partial charge in [0.05, 0.1) is 13.2 Å². The number of aliphatic hydroxyl groups is 1. The summed E-state index contributed by atoms with van der Waals surface area (Å²) in [6, 6.07) is 0. The molecule has 0 aromatic rings. The van der Waals surface area contributed by atoms with E-state index < -0.39 is 0 Å². The van der Waals surface area contributed by atoms with E-state index in [0.717, 1.165) is 103 Å². The zero-order chi connectivity index (χ0) is 37.7. The summed E-state index contributed by atoms with van der Waals surface area (Å²) in [6.07, 6.45) is 33.4. The molecule has 308 valence electrons. The van der Waals surface area contributed by atoms with Gasteiger partial charge >= 0.3 is 5.97 Å². The Kier molecular flexibility index (Phi) is 34.8. The fourth-order valence-corrected chi connectivity index (χ4v) is 7.71. The molecule has 0 saturated heterocycles. The molecule has 1 aliphatic carbocycles. The Labute approximate surface area is 322 Å².